The number of hydrogen-bond donors (Lipinski definition) is 1. The van der Waals surface area contributed by atoms with Crippen molar-refractivity contribution in [1.82, 2.24) is 33.6 Å². The Kier molecular flexibility index (Phi) is 8.27. The van der Waals surface area contributed by atoms with Crippen LogP contribution in [0.2, 0.25) is 0 Å². The third-order valence-corrected chi connectivity index (χ3v) is 11.4. The van der Waals surface area contributed by atoms with E-state index in [0.717, 1.165) is 106 Å². The molecule has 0 bridgehead atoms. The van der Waals surface area contributed by atoms with Crippen LogP contribution < -0.4 is 9.62 Å². The van der Waals surface area contributed by atoms with Gasteiger partial charge in [0.25, 0.3) is 5.91 Å². The van der Waals surface area contributed by atoms with Crippen molar-refractivity contribution in [2.24, 2.45) is 0 Å². The van der Waals surface area contributed by atoms with Crippen molar-refractivity contribution >= 4 is 32.8 Å². The summed E-state index contributed by atoms with van der Waals surface area (Å²) in [6.45, 7) is 7.54. The van der Waals surface area contributed by atoms with Crippen LogP contribution in [0.4, 0.5) is 10.1 Å². The summed E-state index contributed by atoms with van der Waals surface area (Å²) in [5.74, 6) is -0.912. The van der Waals surface area contributed by atoms with Crippen LogP contribution >= 0.6 is 0 Å². The number of piperidine rings is 1. The summed E-state index contributed by atoms with van der Waals surface area (Å²) in [4.78, 5) is 25.6. The lowest BCUT2D eigenvalue weighted by molar-refractivity contribution is -0.0803. The molecule has 12 nitrogen and oxygen atoms in total. The Morgan fingerprint density at radius 1 is 0.956 bits per heavy atom. The van der Waals surface area contributed by atoms with Crippen molar-refractivity contribution in [2.75, 3.05) is 71.5 Å². The highest BCUT2D eigenvalue weighted by atomic mass is 32.2. The highest BCUT2D eigenvalue weighted by Crippen LogP contribution is 2.43. The van der Waals surface area contributed by atoms with Crippen molar-refractivity contribution in [3.05, 3.63) is 47.5 Å². The number of piperazine rings is 1. The summed E-state index contributed by atoms with van der Waals surface area (Å²) in [6.07, 6.45) is 5.11. The number of aromatic nitrogens is 3. The Balaban J connectivity index is 1.22. The van der Waals surface area contributed by atoms with E-state index in [4.69, 9.17) is 14.8 Å². The number of carbonyl (C=O) groups is 1. The van der Waals surface area contributed by atoms with Crippen LogP contribution in [0.25, 0.3) is 16.7 Å². The second-order valence-corrected chi connectivity index (χ2v) is 14.7. The van der Waals surface area contributed by atoms with Crippen molar-refractivity contribution in [1.29, 1.82) is 0 Å². The molecule has 45 heavy (non-hydrogen) atoms. The van der Waals surface area contributed by atoms with Crippen LogP contribution in [-0.2, 0) is 14.9 Å². The number of hydrogen-bond acceptors (Lipinski definition) is 9. The van der Waals surface area contributed by atoms with Crippen LogP contribution in [0.1, 0.15) is 54.2 Å². The van der Waals surface area contributed by atoms with Crippen LogP contribution in [0.5, 0.6) is 0 Å². The van der Waals surface area contributed by atoms with Gasteiger partial charge in [0.05, 0.1) is 41.7 Å². The van der Waals surface area contributed by atoms with Gasteiger partial charge in [0, 0.05) is 65.3 Å². The molecule has 4 fully saturated rings. The summed E-state index contributed by atoms with van der Waals surface area (Å²) in [6, 6.07) is 8.80. The molecule has 0 radical (unpaired) electrons. The number of rotatable bonds is 8. The Morgan fingerprint density at radius 2 is 1.60 bits per heavy atom. The highest BCUT2D eigenvalue weighted by Gasteiger charge is 2.35. The molecule has 3 saturated heterocycles. The molecule has 3 aliphatic heterocycles. The van der Waals surface area contributed by atoms with E-state index in [-0.39, 0.29) is 17.4 Å². The van der Waals surface area contributed by atoms with Crippen LogP contribution in [-0.4, -0.2) is 122 Å². The van der Waals surface area contributed by atoms with E-state index in [1.54, 1.807) is 22.9 Å². The van der Waals surface area contributed by atoms with Gasteiger partial charge >= 0.3 is 10.2 Å². The molecule has 7 rings (SSSR count). The minimum absolute atomic E-state index is 0.00966. The number of nitrogens with one attached hydrogen (secondary N) is 1. The summed E-state index contributed by atoms with van der Waals surface area (Å²) >= 11 is 0. The molecule has 2 aromatic heterocycles. The molecule has 242 valence electrons. The fourth-order valence-electron chi connectivity index (χ4n) is 6.85. The van der Waals surface area contributed by atoms with E-state index >= 15 is 0 Å². The Hall–Kier alpha value is -3.17. The summed E-state index contributed by atoms with van der Waals surface area (Å²) in [5, 5.41) is 5.90. The smallest absolute Gasteiger partial charge is 0.303 e. The van der Waals surface area contributed by atoms with Gasteiger partial charge < -0.3 is 9.64 Å². The molecule has 4 aliphatic rings. The Bertz CT molecular complexity index is 1660. The zero-order valence-electron chi connectivity index (χ0n) is 25.9. The predicted octanol–water partition coefficient (Wildman–Crippen LogP) is 2.35. The van der Waals surface area contributed by atoms with Crippen molar-refractivity contribution in [3.63, 3.8) is 0 Å². The Labute approximate surface area is 263 Å². The first-order valence-electron chi connectivity index (χ1n) is 15.9. The van der Waals surface area contributed by atoms with E-state index < -0.39 is 16.1 Å². The molecule has 1 saturated carbocycles. The topological polar surface area (TPSA) is 116 Å². The van der Waals surface area contributed by atoms with Crippen molar-refractivity contribution in [2.45, 2.75) is 50.1 Å². The SMILES string of the molecule is CN(C)S(=O)(=O)NC(=O)c1cc(N2CCC(N3CCN(C4COC4)CC3)CC2)c2c(C3CCC3)nn(-c3ccc(F)cc3)c2n1. The first-order valence-corrected chi connectivity index (χ1v) is 17.4. The molecule has 1 aliphatic carbocycles. The van der Waals surface area contributed by atoms with Crippen LogP contribution in [0.15, 0.2) is 30.3 Å². The minimum Gasteiger partial charge on any atom is -0.378 e. The largest absolute Gasteiger partial charge is 0.378 e. The van der Waals surface area contributed by atoms with Gasteiger partial charge in [0.1, 0.15) is 11.5 Å². The van der Waals surface area contributed by atoms with Gasteiger partial charge in [-0.1, -0.05) is 6.42 Å². The summed E-state index contributed by atoms with van der Waals surface area (Å²) < 4.78 is 49.2. The maximum absolute atomic E-state index is 13.9. The van der Waals surface area contributed by atoms with Gasteiger partial charge in [-0.3, -0.25) is 14.6 Å². The minimum atomic E-state index is -4.03. The molecule has 0 spiro atoms. The third-order valence-electron chi connectivity index (χ3n) is 9.95. The standard InChI is InChI=1S/C31H41FN8O4S/c1-36(2)45(42,43)35-31(41)26-18-27(39-12-10-23(11-13-39)37-14-16-38(17-15-37)25-19-44-20-25)28-29(21-4-3-5-21)34-40(30(28)33-26)24-8-6-22(32)7-9-24/h6-9,18,21,23,25H,3-5,10-17,19-20H2,1-2H3,(H,35,41). The monoisotopic (exact) mass is 640 g/mol. The van der Waals surface area contributed by atoms with E-state index in [1.807, 2.05) is 0 Å². The summed E-state index contributed by atoms with van der Waals surface area (Å²) in [5.41, 5.74) is 2.84. The van der Waals surface area contributed by atoms with Crippen LogP contribution in [0, 0.1) is 5.82 Å². The lowest BCUT2D eigenvalue weighted by Crippen LogP contribution is -2.59. The second kappa shape index (κ2) is 12.2. The zero-order chi connectivity index (χ0) is 31.3. The summed E-state index contributed by atoms with van der Waals surface area (Å²) in [7, 11) is -1.32. The normalized spacial score (nSPS) is 21.3. The second-order valence-electron chi connectivity index (χ2n) is 12.8. The van der Waals surface area contributed by atoms with Gasteiger partial charge in [0.15, 0.2) is 5.65 Å². The van der Waals surface area contributed by atoms with Crippen molar-refractivity contribution < 1.29 is 22.3 Å². The fraction of sp³-hybridized carbons (Fsp3) is 0.581. The molecule has 5 heterocycles. The molecule has 1 aromatic carbocycles. The first-order chi connectivity index (χ1) is 21.7. The van der Waals surface area contributed by atoms with Gasteiger partial charge in [0.2, 0.25) is 0 Å². The lowest BCUT2D eigenvalue weighted by atomic mass is 9.82. The van der Waals surface area contributed by atoms with Crippen LogP contribution in [0.3, 0.4) is 0 Å². The van der Waals surface area contributed by atoms with Crippen molar-refractivity contribution in [3.8, 4) is 5.69 Å². The number of nitrogens with zero attached hydrogens (tertiary/aromatic N) is 7. The number of anilines is 1. The average molecular weight is 641 g/mol. The molecular weight excluding hydrogens is 599 g/mol. The first kappa shape index (κ1) is 30.5. The van der Waals surface area contributed by atoms with E-state index in [1.165, 1.54) is 26.2 Å². The maximum atomic E-state index is 13.9. The van der Waals surface area contributed by atoms with E-state index in [9.17, 15) is 17.6 Å². The predicted molar refractivity (Wildman–Crippen MR) is 168 cm³/mol. The molecule has 0 atom stereocenters. The van der Waals surface area contributed by atoms with Gasteiger partial charge in [-0.15, -0.1) is 0 Å². The lowest BCUT2D eigenvalue weighted by Gasteiger charge is -2.46. The molecule has 1 N–H and O–H groups in total. The van der Waals surface area contributed by atoms with E-state index in [0.29, 0.717) is 23.4 Å². The molecule has 0 unspecified atom stereocenters. The number of amides is 1. The number of benzene rings is 1. The third kappa shape index (κ3) is 5.94. The average Bonchev–Trinajstić information content (AvgIpc) is 3.34. The van der Waals surface area contributed by atoms with Gasteiger partial charge in [-0.05, 0) is 56.0 Å². The number of fused-ring (bicyclic) bond motifs is 1. The molecule has 14 heteroatoms. The van der Waals surface area contributed by atoms with E-state index in [2.05, 4.69) is 19.4 Å². The molecule has 3 aromatic rings. The molecule has 1 amide bonds. The zero-order valence-corrected chi connectivity index (χ0v) is 26.7. The Morgan fingerprint density at radius 3 is 2.16 bits per heavy atom. The highest BCUT2D eigenvalue weighted by molar-refractivity contribution is 7.87. The number of halogens is 1. The molecular formula is C31H41FN8O4S. The number of carbonyl (C=O) groups excluding carboxylic acids is 1. The van der Waals surface area contributed by atoms with Gasteiger partial charge in [-0.2, -0.15) is 17.8 Å². The maximum Gasteiger partial charge on any atom is 0.303 e. The van der Waals surface area contributed by atoms with Gasteiger partial charge in [-0.25, -0.2) is 18.8 Å². The quantitative estimate of drug-likeness (QED) is 0.396. The number of pyridine rings is 1. The number of ether oxygens (including phenoxy) is 1. The fourth-order valence-corrected chi connectivity index (χ4v) is 7.37.